The molecule has 146 valence electrons. The molecule has 0 N–H and O–H groups in total. The van der Waals surface area contributed by atoms with Gasteiger partial charge in [0.15, 0.2) is 10.9 Å². The van der Waals surface area contributed by atoms with Gasteiger partial charge in [0.2, 0.25) is 0 Å². The second kappa shape index (κ2) is 7.59. The molecule has 0 bridgehead atoms. The Morgan fingerprint density at radius 1 is 1.25 bits per heavy atom. The molecule has 4 rings (SSSR count). The number of hydrogen-bond acceptors (Lipinski definition) is 4. The molecular formula is C22H25N3O2S. The van der Waals surface area contributed by atoms with E-state index in [1.165, 1.54) is 24.6 Å². The van der Waals surface area contributed by atoms with E-state index in [0.29, 0.717) is 28.6 Å². The minimum Gasteiger partial charge on any atom is -0.345 e. The van der Waals surface area contributed by atoms with Crippen molar-refractivity contribution in [2.75, 3.05) is 5.75 Å². The van der Waals surface area contributed by atoms with Crippen LogP contribution in [0.15, 0.2) is 40.3 Å². The average Bonchev–Trinajstić information content (AvgIpc) is 3.47. The first-order valence-corrected chi connectivity index (χ1v) is 10.8. The Hall–Kier alpha value is -2.34. The number of nitrogens with zero attached hydrogens (tertiary/aromatic N) is 3. The van der Waals surface area contributed by atoms with Gasteiger partial charge in [0.05, 0.1) is 16.7 Å². The van der Waals surface area contributed by atoms with Gasteiger partial charge in [0.25, 0.3) is 5.56 Å². The van der Waals surface area contributed by atoms with Crippen molar-refractivity contribution < 1.29 is 4.79 Å². The van der Waals surface area contributed by atoms with Crippen LogP contribution in [0.4, 0.5) is 0 Å². The van der Waals surface area contributed by atoms with Crippen LogP contribution in [0.1, 0.15) is 54.0 Å². The first-order valence-electron chi connectivity index (χ1n) is 9.85. The van der Waals surface area contributed by atoms with Crippen LogP contribution in [0.25, 0.3) is 10.9 Å². The second-order valence-corrected chi connectivity index (χ2v) is 8.41. The Morgan fingerprint density at radius 3 is 2.71 bits per heavy atom. The minimum absolute atomic E-state index is 0.0330. The maximum atomic E-state index is 12.9. The molecule has 2 aromatic heterocycles. The number of hydrogen-bond donors (Lipinski definition) is 0. The summed E-state index contributed by atoms with van der Waals surface area (Å²) in [6.45, 7) is 6.74. The van der Waals surface area contributed by atoms with E-state index in [9.17, 15) is 9.59 Å². The van der Waals surface area contributed by atoms with E-state index in [1.807, 2.05) is 44.2 Å². The van der Waals surface area contributed by atoms with Crippen LogP contribution >= 0.6 is 11.8 Å². The summed E-state index contributed by atoms with van der Waals surface area (Å²) in [5.41, 5.74) is 3.65. The van der Waals surface area contributed by atoms with Crippen LogP contribution in [0, 0.1) is 13.8 Å². The molecule has 2 heterocycles. The molecular weight excluding hydrogens is 370 g/mol. The Morgan fingerprint density at radius 2 is 2.00 bits per heavy atom. The predicted octanol–water partition coefficient (Wildman–Crippen LogP) is 4.53. The van der Waals surface area contributed by atoms with E-state index in [-0.39, 0.29) is 17.1 Å². The lowest BCUT2D eigenvalue weighted by atomic mass is 10.2. The van der Waals surface area contributed by atoms with Crippen molar-refractivity contribution in [1.82, 2.24) is 14.1 Å². The fraction of sp³-hybridized carbons (Fsp3) is 0.409. The number of benzene rings is 1. The van der Waals surface area contributed by atoms with E-state index < -0.39 is 0 Å². The number of aryl methyl sites for hydroxylation is 1. The van der Waals surface area contributed by atoms with Gasteiger partial charge in [0.1, 0.15) is 0 Å². The number of rotatable bonds is 7. The predicted molar refractivity (Wildman–Crippen MR) is 114 cm³/mol. The van der Waals surface area contributed by atoms with Gasteiger partial charge in [-0.05, 0) is 51.3 Å². The van der Waals surface area contributed by atoms with Gasteiger partial charge in [-0.25, -0.2) is 4.98 Å². The lowest BCUT2D eigenvalue weighted by molar-refractivity contribution is 0.102. The van der Waals surface area contributed by atoms with Gasteiger partial charge in [-0.2, -0.15) is 0 Å². The largest absolute Gasteiger partial charge is 0.345 e. The molecule has 0 aliphatic heterocycles. The molecule has 6 heteroatoms. The summed E-state index contributed by atoms with van der Waals surface area (Å²) in [6.07, 6.45) is 3.23. The highest BCUT2D eigenvalue weighted by molar-refractivity contribution is 7.99. The SMILES string of the molecule is CCCn1c(SCC(=O)c2cc(C)n(C3CC3)c2C)nc2ccccc2c1=O. The average molecular weight is 396 g/mol. The van der Waals surface area contributed by atoms with Crippen LogP contribution in [-0.4, -0.2) is 25.7 Å². The van der Waals surface area contributed by atoms with E-state index in [2.05, 4.69) is 16.5 Å². The van der Waals surface area contributed by atoms with Gasteiger partial charge in [0, 0.05) is 29.5 Å². The molecule has 28 heavy (non-hydrogen) atoms. The first kappa shape index (κ1) is 19.0. The third-order valence-electron chi connectivity index (χ3n) is 5.30. The molecule has 1 fully saturated rings. The van der Waals surface area contributed by atoms with Gasteiger partial charge >= 0.3 is 0 Å². The van der Waals surface area contributed by atoms with E-state index in [0.717, 1.165) is 23.4 Å². The van der Waals surface area contributed by atoms with Crippen molar-refractivity contribution >= 4 is 28.4 Å². The molecule has 1 saturated carbocycles. The number of thioether (sulfide) groups is 1. The third-order valence-corrected chi connectivity index (χ3v) is 6.28. The van der Waals surface area contributed by atoms with Crippen LogP contribution < -0.4 is 5.56 Å². The number of aromatic nitrogens is 3. The number of Topliss-reactive ketones (excluding diaryl/α,β-unsaturated/α-hetero) is 1. The fourth-order valence-corrected chi connectivity index (χ4v) is 4.75. The molecule has 5 nitrogen and oxygen atoms in total. The van der Waals surface area contributed by atoms with Gasteiger partial charge < -0.3 is 4.57 Å². The maximum absolute atomic E-state index is 12.9. The van der Waals surface area contributed by atoms with E-state index in [4.69, 9.17) is 0 Å². The van der Waals surface area contributed by atoms with Crippen molar-refractivity contribution in [2.45, 2.75) is 57.8 Å². The van der Waals surface area contributed by atoms with Crippen molar-refractivity contribution in [3.63, 3.8) is 0 Å². The lowest BCUT2D eigenvalue weighted by Crippen LogP contribution is -2.23. The molecule has 0 spiro atoms. The zero-order valence-electron chi connectivity index (χ0n) is 16.6. The topological polar surface area (TPSA) is 56.9 Å². The number of para-hydroxylation sites is 1. The molecule has 1 aliphatic rings. The molecule has 1 aliphatic carbocycles. The smallest absolute Gasteiger partial charge is 0.262 e. The monoisotopic (exact) mass is 395 g/mol. The van der Waals surface area contributed by atoms with E-state index >= 15 is 0 Å². The summed E-state index contributed by atoms with van der Waals surface area (Å²) >= 11 is 1.36. The highest BCUT2D eigenvalue weighted by Gasteiger charge is 2.28. The quantitative estimate of drug-likeness (QED) is 0.335. The number of ketones is 1. The molecule has 0 radical (unpaired) electrons. The summed E-state index contributed by atoms with van der Waals surface area (Å²) in [6, 6.07) is 9.96. The summed E-state index contributed by atoms with van der Waals surface area (Å²) in [4.78, 5) is 30.4. The van der Waals surface area contributed by atoms with Crippen LogP contribution in [-0.2, 0) is 6.54 Å². The highest BCUT2D eigenvalue weighted by Crippen LogP contribution is 2.38. The second-order valence-electron chi connectivity index (χ2n) is 7.47. The number of fused-ring (bicyclic) bond motifs is 1. The van der Waals surface area contributed by atoms with Crippen molar-refractivity contribution in [3.8, 4) is 0 Å². The summed E-state index contributed by atoms with van der Waals surface area (Å²) < 4.78 is 3.99. The summed E-state index contributed by atoms with van der Waals surface area (Å²) in [5, 5.41) is 1.24. The lowest BCUT2D eigenvalue weighted by Gasteiger charge is -2.12. The van der Waals surface area contributed by atoms with Crippen molar-refractivity contribution in [3.05, 3.63) is 57.6 Å². The molecule has 1 aromatic carbocycles. The van der Waals surface area contributed by atoms with Crippen LogP contribution in [0.5, 0.6) is 0 Å². The number of carbonyl (C=O) groups excluding carboxylic acids is 1. The molecule has 0 amide bonds. The van der Waals surface area contributed by atoms with Gasteiger partial charge in [-0.3, -0.25) is 14.2 Å². The maximum Gasteiger partial charge on any atom is 0.262 e. The highest BCUT2D eigenvalue weighted by atomic mass is 32.2. The first-order chi connectivity index (χ1) is 13.5. The Balaban J connectivity index is 1.62. The van der Waals surface area contributed by atoms with Gasteiger partial charge in [-0.1, -0.05) is 30.8 Å². The van der Waals surface area contributed by atoms with E-state index in [1.54, 1.807) is 4.57 Å². The fourth-order valence-electron chi connectivity index (χ4n) is 3.84. The van der Waals surface area contributed by atoms with Crippen LogP contribution in [0.2, 0.25) is 0 Å². The molecule has 0 atom stereocenters. The Labute approximate surface area is 168 Å². The summed E-state index contributed by atoms with van der Waals surface area (Å²) in [7, 11) is 0. The Bertz CT molecular complexity index is 1110. The van der Waals surface area contributed by atoms with Gasteiger partial charge in [-0.15, -0.1) is 0 Å². The zero-order valence-corrected chi connectivity index (χ0v) is 17.4. The molecule has 0 unspecified atom stereocenters. The van der Waals surface area contributed by atoms with Crippen LogP contribution in [0.3, 0.4) is 0 Å². The third kappa shape index (κ3) is 3.41. The normalized spacial score (nSPS) is 14.0. The number of carbonyl (C=O) groups is 1. The Kier molecular flexibility index (Phi) is 5.15. The standard InChI is InChI=1S/C22H25N3O2S/c1-4-11-24-21(27)17-7-5-6-8-19(17)23-22(24)28-13-20(26)18-12-14(2)25(15(18)3)16-9-10-16/h5-8,12,16H,4,9-11,13H2,1-3H3. The van der Waals surface area contributed by atoms with Crippen molar-refractivity contribution in [2.24, 2.45) is 0 Å². The molecule has 3 aromatic rings. The minimum atomic E-state index is -0.0330. The summed E-state index contributed by atoms with van der Waals surface area (Å²) in [5.74, 6) is 0.374. The van der Waals surface area contributed by atoms with Crippen molar-refractivity contribution in [1.29, 1.82) is 0 Å². The zero-order chi connectivity index (χ0) is 19.8. The molecule has 0 saturated heterocycles.